The number of hydrogen-bond donors (Lipinski definition) is 2. The standard InChI is InChI=1S/C12H18N2O3S/c1-4-8(10-13-5-6-18-10)14-9(15)7-12(2,3)11(16)17/h5-6,8H,4,7H2,1-3H3,(H,14,15)(H,16,17). The number of nitrogens with one attached hydrogen (secondary N) is 1. The average molecular weight is 270 g/mol. The van der Waals surface area contributed by atoms with Crippen molar-refractivity contribution in [2.45, 2.75) is 39.7 Å². The molecular weight excluding hydrogens is 252 g/mol. The van der Waals surface area contributed by atoms with Crippen molar-refractivity contribution in [3.63, 3.8) is 0 Å². The van der Waals surface area contributed by atoms with Crippen molar-refractivity contribution in [2.24, 2.45) is 5.41 Å². The van der Waals surface area contributed by atoms with Crippen molar-refractivity contribution >= 4 is 23.2 Å². The summed E-state index contributed by atoms with van der Waals surface area (Å²) in [6.07, 6.45) is 2.38. The van der Waals surface area contributed by atoms with Gasteiger partial charge in [-0.15, -0.1) is 11.3 Å². The van der Waals surface area contributed by atoms with E-state index in [1.54, 1.807) is 20.0 Å². The molecule has 5 nitrogen and oxygen atoms in total. The fourth-order valence-electron chi connectivity index (χ4n) is 1.47. The molecule has 0 aromatic carbocycles. The fraction of sp³-hybridized carbons (Fsp3) is 0.583. The van der Waals surface area contributed by atoms with Crippen molar-refractivity contribution in [1.82, 2.24) is 10.3 Å². The van der Waals surface area contributed by atoms with Crippen LogP contribution in [0, 0.1) is 5.41 Å². The molecule has 0 saturated carbocycles. The van der Waals surface area contributed by atoms with Crippen LogP contribution in [0.1, 0.15) is 44.7 Å². The van der Waals surface area contributed by atoms with E-state index in [9.17, 15) is 9.59 Å². The molecule has 0 aliphatic rings. The number of nitrogens with zero attached hydrogens (tertiary/aromatic N) is 1. The molecule has 0 aliphatic heterocycles. The highest BCUT2D eigenvalue weighted by molar-refractivity contribution is 7.09. The second-order valence-corrected chi connectivity index (χ2v) is 5.69. The normalized spacial score (nSPS) is 13.1. The first-order chi connectivity index (χ1) is 8.36. The summed E-state index contributed by atoms with van der Waals surface area (Å²) in [6.45, 7) is 5.03. The Bertz CT molecular complexity index is 415. The van der Waals surface area contributed by atoms with E-state index >= 15 is 0 Å². The Kier molecular flexibility index (Phi) is 4.84. The quantitative estimate of drug-likeness (QED) is 0.830. The van der Waals surface area contributed by atoms with E-state index in [0.717, 1.165) is 11.4 Å². The summed E-state index contributed by atoms with van der Waals surface area (Å²) in [6, 6.07) is -0.137. The third-order valence-electron chi connectivity index (χ3n) is 2.67. The molecule has 1 atom stereocenters. The molecule has 0 saturated heterocycles. The zero-order valence-corrected chi connectivity index (χ0v) is 11.6. The molecule has 18 heavy (non-hydrogen) atoms. The second-order valence-electron chi connectivity index (χ2n) is 4.76. The average Bonchev–Trinajstić information content (AvgIpc) is 2.78. The molecule has 1 unspecified atom stereocenters. The molecular formula is C12H18N2O3S. The topological polar surface area (TPSA) is 79.3 Å². The van der Waals surface area contributed by atoms with Crippen molar-refractivity contribution in [3.05, 3.63) is 16.6 Å². The minimum atomic E-state index is -1.05. The zero-order valence-electron chi connectivity index (χ0n) is 10.8. The van der Waals surface area contributed by atoms with Crippen LogP contribution in [0.15, 0.2) is 11.6 Å². The summed E-state index contributed by atoms with van der Waals surface area (Å²) < 4.78 is 0. The third kappa shape index (κ3) is 3.80. The molecule has 0 aliphatic carbocycles. The van der Waals surface area contributed by atoms with E-state index in [1.165, 1.54) is 11.3 Å². The van der Waals surface area contributed by atoms with E-state index < -0.39 is 11.4 Å². The zero-order chi connectivity index (χ0) is 13.8. The van der Waals surface area contributed by atoms with Crippen molar-refractivity contribution in [3.8, 4) is 0 Å². The van der Waals surface area contributed by atoms with Crippen LogP contribution in [0.5, 0.6) is 0 Å². The summed E-state index contributed by atoms with van der Waals surface area (Å²) in [5.74, 6) is -1.23. The molecule has 100 valence electrons. The molecule has 1 aromatic heterocycles. The second kappa shape index (κ2) is 5.95. The summed E-state index contributed by atoms with van der Waals surface area (Å²) in [7, 11) is 0. The molecule has 1 rings (SSSR count). The lowest BCUT2D eigenvalue weighted by Gasteiger charge is -2.20. The van der Waals surface area contributed by atoms with Crippen molar-refractivity contribution in [1.29, 1.82) is 0 Å². The number of aliphatic carboxylic acids is 1. The molecule has 2 N–H and O–H groups in total. The Balaban J connectivity index is 2.61. The minimum absolute atomic E-state index is 0.0375. The first-order valence-electron chi connectivity index (χ1n) is 5.79. The first kappa shape index (κ1) is 14.6. The Labute approximate surface area is 110 Å². The van der Waals surface area contributed by atoms with Gasteiger partial charge in [0.05, 0.1) is 11.5 Å². The van der Waals surface area contributed by atoms with Gasteiger partial charge in [0.25, 0.3) is 0 Å². The fourth-order valence-corrected chi connectivity index (χ4v) is 2.24. The van der Waals surface area contributed by atoms with Crippen molar-refractivity contribution < 1.29 is 14.7 Å². The lowest BCUT2D eigenvalue weighted by Crippen LogP contribution is -2.35. The minimum Gasteiger partial charge on any atom is -0.481 e. The maximum absolute atomic E-state index is 11.8. The number of rotatable bonds is 6. The number of carboxylic acid groups (broad SMARTS) is 1. The van der Waals surface area contributed by atoms with Gasteiger partial charge in [-0.2, -0.15) is 0 Å². The number of carbonyl (C=O) groups excluding carboxylic acids is 1. The van der Waals surface area contributed by atoms with Crippen LogP contribution >= 0.6 is 11.3 Å². The maximum Gasteiger partial charge on any atom is 0.309 e. The third-order valence-corrected chi connectivity index (χ3v) is 3.56. The van der Waals surface area contributed by atoms with Gasteiger partial charge in [0, 0.05) is 18.0 Å². The van der Waals surface area contributed by atoms with Gasteiger partial charge in [0.1, 0.15) is 5.01 Å². The van der Waals surface area contributed by atoms with Crippen LogP contribution in [0.4, 0.5) is 0 Å². The summed E-state index contributed by atoms with van der Waals surface area (Å²) in [5.41, 5.74) is -1.05. The molecule has 1 amide bonds. The Morgan fingerprint density at radius 2 is 2.22 bits per heavy atom. The number of thiazole rings is 1. The SMILES string of the molecule is CCC(NC(=O)CC(C)(C)C(=O)O)c1nccs1. The summed E-state index contributed by atoms with van der Waals surface area (Å²) >= 11 is 1.48. The summed E-state index contributed by atoms with van der Waals surface area (Å²) in [4.78, 5) is 26.9. The molecule has 0 radical (unpaired) electrons. The molecule has 0 spiro atoms. The van der Waals surface area contributed by atoms with Gasteiger partial charge in [-0.3, -0.25) is 9.59 Å². The van der Waals surface area contributed by atoms with Gasteiger partial charge in [0.15, 0.2) is 0 Å². The number of hydrogen-bond acceptors (Lipinski definition) is 4. The van der Waals surface area contributed by atoms with Gasteiger partial charge in [0.2, 0.25) is 5.91 Å². The summed E-state index contributed by atoms with van der Waals surface area (Å²) in [5, 5.41) is 14.5. The number of amides is 1. The maximum atomic E-state index is 11.8. The van der Waals surface area contributed by atoms with E-state index in [1.807, 2.05) is 12.3 Å². The Hall–Kier alpha value is -1.43. The monoisotopic (exact) mass is 270 g/mol. The predicted octanol–water partition coefficient (Wildman–Crippen LogP) is 2.21. The largest absolute Gasteiger partial charge is 0.481 e. The van der Waals surface area contributed by atoms with E-state index in [-0.39, 0.29) is 18.4 Å². The van der Waals surface area contributed by atoms with Crippen LogP contribution in [0.2, 0.25) is 0 Å². The smallest absolute Gasteiger partial charge is 0.309 e. The van der Waals surface area contributed by atoms with Crippen LogP contribution in [-0.2, 0) is 9.59 Å². The number of aromatic nitrogens is 1. The molecule has 1 aromatic rings. The highest BCUT2D eigenvalue weighted by Crippen LogP contribution is 2.23. The highest BCUT2D eigenvalue weighted by Gasteiger charge is 2.31. The molecule has 0 bridgehead atoms. The van der Waals surface area contributed by atoms with Gasteiger partial charge < -0.3 is 10.4 Å². The number of carbonyl (C=O) groups is 2. The number of carboxylic acids is 1. The lowest BCUT2D eigenvalue weighted by atomic mass is 9.89. The molecule has 0 fully saturated rings. The van der Waals surface area contributed by atoms with Crippen LogP contribution in [0.25, 0.3) is 0 Å². The van der Waals surface area contributed by atoms with Gasteiger partial charge in [-0.1, -0.05) is 6.92 Å². The van der Waals surface area contributed by atoms with Gasteiger partial charge >= 0.3 is 5.97 Å². The Morgan fingerprint density at radius 1 is 1.56 bits per heavy atom. The van der Waals surface area contributed by atoms with Gasteiger partial charge in [-0.05, 0) is 20.3 Å². The van der Waals surface area contributed by atoms with Crippen molar-refractivity contribution in [2.75, 3.05) is 0 Å². The first-order valence-corrected chi connectivity index (χ1v) is 6.67. The lowest BCUT2D eigenvalue weighted by molar-refractivity contribution is -0.149. The predicted molar refractivity (Wildman–Crippen MR) is 69.3 cm³/mol. The van der Waals surface area contributed by atoms with E-state index in [0.29, 0.717) is 0 Å². The highest BCUT2D eigenvalue weighted by atomic mass is 32.1. The van der Waals surface area contributed by atoms with E-state index in [2.05, 4.69) is 10.3 Å². The Morgan fingerprint density at radius 3 is 2.67 bits per heavy atom. The van der Waals surface area contributed by atoms with Crippen LogP contribution < -0.4 is 5.32 Å². The molecule has 6 heteroatoms. The molecule has 1 heterocycles. The van der Waals surface area contributed by atoms with Gasteiger partial charge in [-0.25, -0.2) is 4.98 Å². The van der Waals surface area contributed by atoms with E-state index in [4.69, 9.17) is 5.11 Å². The van der Waals surface area contributed by atoms with Crippen LogP contribution in [-0.4, -0.2) is 22.0 Å². The van der Waals surface area contributed by atoms with Crippen LogP contribution in [0.3, 0.4) is 0 Å².